The maximum atomic E-state index is 13.6. The van der Waals surface area contributed by atoms with Crippen molar-refractivity contribution in [2.75, 3.05) is 11.4 Å². The molecule has 34 heavy (non-hydrogen) atoms. The molecule has 0 bridgehead atoms. The summed E-state index contributed by atoms with van der Waals surface area (Å²) in [6, 6.07) is 18.5. The molecule has 0 spiro atoms. The van der Waals surface area contributed by atoms with E-state index in [1.165, 1.54) is 4.31 Å². The first-order valence-corrected chi connectivity index (χ1v) is 11.7. The summed E-state index contributed by atoms with van der Waals surface area (Å²) in [5.41, 5.74) is 3.21. The Kier molecular flexibility index (Phi) is 5.91. The molecule has 0 aliphatic rings. The van der Waals surface area contributed by atoms with Crippen molar-refractivity contribution in [1.29, 1.82) is 0 Å². The molecule has 3 heterocycles. The van der Waals surface area contributed by atoms with Crippen molar-refractivity contribution in [2.24, 2.45) is 0 Å². The van der Waals surface area contributed by atoms with E-state index in [1.807, 2.05) is 43.3 Å². The smallest absolute Gasteiger partial charge is 0.330 e. The van der Waals surface area contributed by atoms with Crippen molar-refractivity contribution < 1.29 is 8.63 Å². The molecule has 11 heteroatoms. The summed E-state index contributed by atoms with van der Waals surface area (Å²) in [7, 11) is -0.263. The van der Waals surface area contributed by atoms with Gasteiger partial charge < -0.3 is 4.42 Å². The van der Waals surface area contributed by atoms with Gasteiger partial charge in [0.25, 0.3) is 0 Å². The molecule has 0 N–H and O–H groups in total. The Bertz CT molecular complexity index is 1470. The van der Waals surface area contributed by atoms with Crippen LogP contribution in [0, 0.1) is 6.92 Å². The fraction of sp³-hybridized carbons (Fsp3) is 0.0870. The Hall–Kier alpha value is -3.89. The minimum atomic E-state index is -1.85. The molecular weight excluding hydrogens is 474 g/mol. The summed E-state index contributed by atoms with van der Waals surface area (Å²) in [6.45, 7) is 2.00. The monoisotopic (exact) mass is 491 g/mol. The zero-order valence-electron chi connectivity index (χ0n) is 18.2. The van der Waals surface area contributed by atoms with Crippen LogP contribution < -0.4 is 4.31 Å². The Balaban J connectivity index is 1.55. The Morgan fingerprint density at radius 2 is 1.65 bits per heavy atom. The molecule has 3 aromatic heterocycles. The van der Waals surface area contributed by atoms with E-state index in [0.29, 0.717) is 22.4 Å². The number of hydrogen-bond acceptors (Lipinski definition) is 7. The quantitative estimate of drug-likeness (QED) is 0.344. The third kappa shape index (κ3) is 4.09. The number of halogens is 1. The summed E-state index contributed by atoms with van der Waals surface area (Å²) in [5, 5.41) is 17.3. The molecule has 0 aliphatic heterocycles. The van der Waals surface area contributed by atoms with E-state index in [4.69, 9.17) is 16.0 Å². The van der Waals surface area contributed by atoms with Gasteiger partial charge in [0, 0.05) is 30.6 Å². The number of aryl methyl sites for hydroxylation is 1. The van der Waals surface area contributed by atoms with Gasteiger partial charge in [-0.15, -0.1) is 15.3 Å². The maximum Gasteiger partial charge on any atom is 0.330 e. The molecular formula is C23H18ClN7O2S. The molecule has 0 radical (unpaired) electrons. The van der Waals surface area contributed by atoms with Gasteiger partial charge in [-0.2, -0.15) is 0 Å². The first kappa shape index (κ1) is 21.9. The Morgan fingerprint density at radius 1 is 0.912 bits per heavy atom. The predicted molar refractivity (Wildman–Crippen MR) is 129 cm³/mol. The summed E-state index contributed by atoms with van der Waals surface area (Å²) >= 11 is 6.49. The van der Waals surface area contributed by atoms with E-state index >= 15 is 0 Å². The second kappa shape index (κ2) is 9.16. The van der Waals surface area contributed by atoms with E-state index in [2.05, 4.69) is 25.4 Å². The first-order valence-electron chi connectivity index (χ1n) is 10.2. The van der Waals surface area contributed by atoms with Gasteiger partial charge in [-0.25, -0.2) is 8.51 Å². The van der Waals surface area contributed by atoms with Gasteiger partial charge in [-0.3, -0.25) is 9.55 Å². The van der Waals surface area contributed by atoms with Gasteiger partial charge >= 0.3 is 6.01 Å². The molecule has 1 atom stereocenters. The highest BCUT2D eigenvalue weighted by molar-refractivity contribution is 7.86. The van der Waals surface area contributed by atoms with Crippen molar-refractivity contribution in [3.05, 3.63) is 83.6 Å². The molecule has 0 saturated carbocycles. The number of aromatic nitrogens is 6. The van der Waals surface area contributed by atoms with Crippen molar-refractivity contribution in [1.82, 2.24) is 29.9 Å². The third-order valence-corrected chi connectivity index (χ3v) is 6.60. The predicted octanol–water partition coefficient (Wildman–Crippen LogP) is 4.50. The van der Waals surface area contributed by atoms with Crippen LogP contribution in [0.2, 0.25) is 5.02 Å². The van der Waals surface area contributed by atoms with Gasteiger partial charge in [0.05, 0.1) is 10.7 Å². The number of nitrogens with zero attached hydrogens (tertiary/aromatic N) is 7. The molecule has 5 aromatic rings. The summed E-state index contributed by atoms with van der Waals surface area (Å²) in [4.78, 5) is 4.05. The van der Waals surface area contributed by atoms with Gasteiger partial charge in [-0.1, -0.05) is 46.5 Å². The molecule has 0 amide bonds. The highest BCUT2D eigenvalue weighted by atomic mass is 35.5. The fourth-order valence-electron chi connectivity index (χ4n) is 3.27. The van der Waals surface area contributed by atoms with Crippen LogP contribution in [0.1, 0.15) is 5.56 Å². The van der Waals surface area contributed by atoms with Crippen LogP contribution >= 0.6 is 11.6 Å². The average Bonchev–Trinajstić information content (AvgIpc) is 3.53. The SMILES string of the molecule is Cc1ccc(-c2nnc(N(C)S(=O)c3nnc(-c4ccncc4)n3-c3ccccc3Cl)o2)cc1. The molecule has 0 saturated heterocycles. The minimum Gasteiger partial charge on any atom is -0.403 e. The van der Waals surface area contributed by atoms with Crippen LogP contribution in [0.5, 0.6) is 0 Å². The standard InChI is InChI=1S/C23H18ClN7O2S/c1-15-7-9-17(10-8-15)21-27-28-22(33-21)30(2)34(32)23-29-26-20(16-11-13-25-14-12-16)31(23)19-6-4-3-5-18(19)24/h3-14H,1-2H3. The van der Waals surface area contributed by atoms with E-state index in [-0.39, 0.29) is 11.2 Å². The van der Waals surface area contributed by atoms with Gasteiger partial charge in [0.2, 0.25) is 11.0 Å². The number of anilines is 1. The van der Waals surface area contributed by atoms with Crippen molar-refractivity contribution >= 4 is 28.6 Å². The van der Waals surface area contributed by atoms with Crippen LogP contribution in [0.15, 0.2) is 82.6 Å². The van der Waals surface area contributed by atoms with Gasteiger partial charge in [0.15, 0.2) is 16.8 Å². The van der Waals surface area contributed by atoms with E-state index < -0.39 is 11.0 Å². The Morgan fingerprint density at radius 3 is 2.38 bits per heavy atom. The molecule has 2 aromatic carbocycles. The second-order valence-electron chi connectivity index (χ2n) is 7.33. The minimum absolute atomic E-state index is 0.0769. The van der Waals surface area contributed by atoms with Crippen LogP contribution in [0.25, 0.3) is 28.5 Å². The number of para-hydroxylation sites is 1. The number of hydrogen-bond donors (Lipinski definition) is 0. The highest BCUT2D eigenvalue weighted by Gasteiger charge is 2.27. The number of pyridine rings is 1. The van der Waals surface area contributed by atoms with Crippen molar-refractivity contribution in [3.63, 3.8) is 0 Å². The second-order valence-corrected chi connectivity index (χ2v) is 9.15. The van der Waals surface area contributed by atoms with Crippen LogP contribution in [0.3, 0.4) is 0 Å². The normalized spacial score (nSPS) is 12.0. The largest absolute Gasteiger partial charge is 0.403 e. The highest BCUT2D eigenvalue weighted by Crippen LogP contribution is 2.30. The molecule has 0 fully saturated rings. The van der Waals surface area contributed by atoms with Crippen molar-refractivity contribution in [2.45, 2.75) is 12.1 Å². The van der Waals surface area contributed by atoms with E-state index in [1.54, 1.807) is 48.3 Å². The average molecular weight is 492 g/mol. The number of benzene rings is 2. The van der Waals surface area contributed by atoms with E-state index in [0.717, 1.165) is 16.7 Å². The zero-order chi connectivity index (χ0) is 23.7. The van der Waals surface area contributed by atoms with E-state index in [9.17, 15) is 4.21 Å². The molecule has 170 valence electrons. The molecule has 9 nitrogen and oxygen atoms in total. The number of rotatable bonds is 6. The third-order valence-electron chi connectivity index (χ3n) is 5.05. The molecule has 0 aliphatic carbocycles. The van der Waals surface area contributed by atoms with Gasteiger partial charge in [0.1, 0.15) is 0 Å². The maximum absolute atomic E-state index is 13.6. The van der Waals surface area contributed by atoms with Crippen LogP contribution in [-0.2, 0) is 11.0 Å². The summed E-state index contributed by atoms with van der Waals surface area (Å²) in [5.74, 6) is 0.794. The van der Waals surface area contributed by atoms with Crippen LogP contribution in [0.4, 0.5) is 6.01 Å². The lowest BCUT2D eigenvalue weighted by Gasteiger charge is -2.15. The molecule has 5 rings (SSSR count). The van der Waals surface area contributed by atoms with Crippen LogP contribution in [-0.4, -0.2) is 41.2 Å². The lowest BCUT2D eigenvalue weighted by molar-refractivity contribution is 0.573. The summed E-state index contributed by atoms with van der Waals surface area (Å²) in [6.07, 6.45) is 3.30. The zero-order valence-corrected chi connectivity index (χ0v) is 19.7. The molecule has 1 unspecified atom stereocenters. The first-order chi connectivity index (χ1) is 16.5. The Labute approximate surface area is 202 Å². The fourth-order valence-corrected chi connectivity index (χ4v) is 4.40. The topological polar surface area (TPSA) is 103 Å². The lowest BCUT2D eigenvalue weighted by atomic mass is 10.1. The summed E-state index contributed by atoms with van der Waals surface area (Å²) < 4.78 is 22.4. The van der Waals surface area contributed by atoms with Crippen molar-refractivity contribution in [3.8, 4) is 28.5 Å². The van der Waals surface area contributed by atoms with Gasteiger partial charge in [-0.05, 0) is 43.3 Å². The lowest BCUT2D eigenvalue weighted by Crippen LogP contribution is -2.23.